The standard InChI is InChI=1S/C13H8BrClFI/c14-12-6-5-10(17)7-11(12)13(15)8-1-3-9(16)4-2-8/h1-7,13H. The summed E-state index contributed by atoms with van der Waals surface area (Å²) in [4.78, 5) is 0. The van der Waals surface area contributed by atoms with Crippen LogP contribution in [-0.2, 0) is 0 Å². The molecule has 1 unspecified atom stereocenters. The minimum atomic E-state index is -0.278. The minimum absolute atomic E-state index is 0.251. The fraction of sp³-hybridized carbons (Fsp3) is 0.0769. The minimum Gasteiger partial charge on any atom is -0.207 e. The summed E-state index contributed by atoms with van der Waals surface area (Å²) in [5, 5.41) is -0.278. The van der Waals surface area contributed by atoms with E-state index in [-0.39, 0.29) is 11.2 Å². The van der Waals surface area contributed by atoms with Crippen molar-refractivity contribution >= 4 is 50.1 Å². The van der Waals surface area contributed by atoms with Gasteiger partial charge in [0, 0.05) is 8.04 Å². The quantitative estimate of drug-likeness (QED) is 0.439. The lowest BCUT2D eigenvalue weighted by Gasteiger charge is -2.12. The third-order valence-electron chi connectivity index (χ3n) is 2.39. The van der Waals surface area contributed by atoms with Gasteiger partial charge in [-0.25, -0.2) is 4.39 Å². The van der Waals surface area contributed by atoms with Gasteiger partial charge in [0.15, 0.2) is 0 Å². The predicted molar refractivity (Wildman–Crippen MR) is 81.0 cm³/mol. The fourth-order valence-corrected chi connectivity index (χ4v) is 2.97. The zero-order valence-electron chi connectivity index (χ0n) is 8.63. The Morgan fingerprint density at radius 1 is 1.12 bits per heavy atom. The van der Waals surface area contributed by atoms with Gasteiger partial charge < -0.3 is 0 Å². The molecule has 0 saturated carbocycles. The van der Waals surface area contributed by atoms with Gasteiger partial charge in [-0.15, -0.1) is 11.6 Å². The van der Waals surface area contributed by atoms with E-state index >= 15 is 0 Å². The van der Waals surface area contributed by atoms with E-state index in [2.05, 4.69) is 38.5 Å². The molecule has 0 aliphatic heterocycles. The molecule has 0 spiro atoms. The normalized spacial score (nSPS) is 12.5. The zero-order chi connectivity index (χ0) is 12.4. The monoisotopic (exact) mass is 424 g/mol. The Hall–Kier alpha value is -0.130. The lowest BCUT2D eigenvalue weighted by Crippen LogP contribution is -1.95. The molecule has 4 heteroatoms. The van der Waals surface area contributed by atoms with Crippen LogP contribution in [-0.4, -0.2) is 0 Å². The summed E-state index contributed by atoms with van der Waals surface area (Å²) in [6.45, 7) is 0. The van der Waals surface area contributed by atoms with Gasteiger partial charge in [0.2, 0.25) is 0 Å². The van der Waals surface area contributed by atoms with E-state index in [9.17, 15) is 4.39 Å². The smallest absolute Gasteiger partial charge is 0.123 e. The Bertz CT molecular complexity index is 527. The number of rotatable bonds is 2. The highest BCUT2D eigenvalue weighted by molar-refractivity contribution is 14.1. The third-order valence-corrected chi connectivity index (χ3v) is 4.27. The van der Waals surface area contributed by atoms with Crippen LogP contribution in [0.3, 0.4) is 0 Å². The van der Waals surface area contributed by atoms with Crippen LogP contribution in [0.1, 0.15) is 16.5 Å². The molecule has 0 nitrogen and oxygen atoms in total. The molecule has 0 N–H and O–H groups in total. The van der Waals surface area contributed by atoms with Crippen molar-refractivity contribution < 1.29 is 4.39 Å². The average molecular weight is 425 g/mol. The highest BCUT2D eigenvalue weighted by atomic mass is 127. The Morgan fingerprint density at radius 3 is 2.41 bits per heavy atom. The molecule has 0 aliphatic carbocycles. The van der Waals surface area contributed by atoms with Crippen molar-refractivity contribution in [2.24, 2.45) is 0 Å². The van der Waals surface area contributed by atoms with Crippen molar-refractivity contribution in [1.29, 1.82) is 0 Å². The van der Waals surface area contributed by atoms with Crippen molar-refractivity contribution in [2.75, 3.05) is 0 Å². The van der Waals surface area contributed by atoms with E-state index in [1.165, 1.54) is 12.1 Å². The van der Waals surface area contributed by atoms with Crippen LogP contribution >= 0.6 is 50.1 Å². The van der Waals surface area contributed by atoms with Crippen LogP contribution in [0, 0.1) is 9.39 Å². The second-order valence-electron chi connectivity index (χ2n) is 3.58. The van der Waals surface area contributed by atoms with E-state index in [0.717, 1.165) is 19.2 Å². The van der Waals surface area contributed by atoms with Crippen molar-refractivity contribution in [3.05, 3.63) is 67.5 Å². The Kier molecular flexibility index (Phi) is 4.44. The summed E-state index contributed by atoms with van der Waals surface area (Å²) in [5.41, 5.74) is 1.88. The summed E-state index contributed by atoms with van der Waals surface area (Å²) in [7, 11) is 0. The van der Waals surface area contributed by atoms with Gasteiger partial charge in [-0.2, -0.15) is 0 Å². The van der Waals surface area contributed by atoms with Crippen LogP contribution in [0.25, 0.3) is 0 Å². The van der Waals surface area contributed by atoms with Gasteiger partial charge in [-0.1, -0.05) is 28.1 Å². The molecule has 2 aromatic carbocycles. The summed E-state index contributed by atoms with van der Waals surface area (Å²) >= 11 is 12.1. The largest absolute Gasteiger partial charge is 0.207 e. The van der Waals surface area contributed by atoms with Crippen LogP contribution in [0.5, 0.6) is 0 Å². The first-order valence-corrected chi connectivity index (χ1v) is 7.23. The molecular weight excluding hydrogens is 417 g/mol. The molecule has 88 valence electrons. The lowest BCUT2D eigenvalue weighted by molar-refractivity contribution is 0.627. The maximum absolute atomic E-state index is 12.8. The first-order chi connectivity index (χ1) is 8.08. The molecule has 2 aromatic rings. The molecule has 0 amide bonds. The van der Waals surface area contributed by atoms with E-state index < -0.39 is 0 Å². The van der Waals surface area contributed by atoms with Crippen LogP contribution < -0.4 is 0 Å². The molecule has 0 saturated heterocycles. The molecular formula is C13H8BrClFI. The van der Waals surface area contributed by atoms with Crippen LogP contribution in [0.2, 0.25) is 0 Å². The predicted octanol–water partition coefficient (Wildman–Crippen LogP) is 5.52. The molecule has 0 aliphatic rings. The maximum Gasteiger partial charge on any atom is 0.123 e. The maximum atomic E-state index is 12.8. The zero-order valence-corrected chi connectivity index (χ0v) is 13.1. The highest BCUT2D eigenvalue weighted by Gasteiger charge is 2.14. The summed E-state index contributed by atoms with van der Waals surface area (Å²) in [6, 6.07) is 12.3. The van der Waals surface area contributed by atoms with E-state index in [4.69, 9.17) is 11.6 Å². The third kappa shape index (κ3) is 3.20. The van der Waals surface area contributed by atoms with Crippen molar-refractivity contribution in [1.82, 2.24) is 0 Å². The molecule has 0 bridgehead atoms. The number of hydrogen-bond acceptors (Lipinski definition) is 0. The Labute approximate surface area is 126 Å². The number of benzene rings is 2. The fourth-order valence-electron chi connectivity index (χ4n) is 1.52. The molecule has 2 rings (SSSR count). The van der Waals surface area contributed by atoms with E-state index in [0.29, 0.717) is 0 Å². The highest BCUT2D eigenvalue weighted by Crippen LogP contribution is 2.34. The number of alkyl halides is 1. The molecule has 0 fully saturated rings. The number of hydrogen-bond donors (Lipinski definition) is 0. The van der Waals surface area contributed by atoms with Gasteiger partial charge >= 0.3 is 0 Å². The Balaban J connectivity index is 2.39. The SMILES string of the molecule is Fc1ccc(C(Cl)c2cc(I)ccc2Br)cc1. The lowest BCUT2D eigenvalue weighted by atomic mass is 10.0. The van der Waals surface area contributed by atoms with Crippen molar-refractivity contribution in [3.8, 4) is 0 Å². The molecule has 17 heavy (non-hydrogen) atoms. The molecule has 1 atom stereocenters. The first kappa shape index (κ1) is 13.3. The van der Waals surface area contributed by atoms with Crippen LogP contribution in [0.4, 0.5) is 4.39 Å². The van der Waals surface area contributed by atoms with Crippen molar-refractivity contribution in [2.45, 2.75) is 5.38 Å². The molecule has 0 radical (unpaired) electrons. The van der Waals surface area contributed by atoms with Gasteiger partial charge in [0.1, 0.15) is 5.82 Å². The summed E-state index contributed by atoms with van der Waals surface area (Å²) in [5.74, 6) is -0.251. The van der Waals surface area contributed by atoms with E-state index in [1.807, 2.05) is 18.2 Å². The van der Waals surface area contributed by atoms with Gasteiger partial charge in [0.25, 0.3) is 0 Å². The van der Waals surface area contributed by atoms with Crippen molar-refractivity contribution in [3.63, 3.8) is 0 Å². The first-order valence-electron chi connectivity index (χ1n) is 4.92. The Morgan fingerprint density at radius 2 is 1.76 bits per heavy atom. The van der Waals surface area contributed by atoms with Gasteiger partial charge in [0.05, 0.1) is 5.38 Å². The van der Waals surface area contributed by atoms with Gasteiger partial charge in [-0.3, -0.25) is 0 Å². The van der Waals surface area contributed by atoms with E-state index in [1.54, 1.807) is 12.1 Å². The average Bonchev–Trinajstić information content (AvgIpc) is 2.32. The summed E-state index contributed by atoms with van der Waals surface area (Å²) < 4.78 is 14.9. The molecule has 0 aromatic heterocycles. The second kappa shape index (κ2) is 5.67. The topological polar surface area (TPSA) is 0 Å². The second-order valence-corrected chi connectivity index (χ2v) is 6.12. The summed E-state index contributed by atoms with van der Waals surface area (Å²) in [6.07, 6.45) is 0. The van der Waals surface area contributed by atoms with Crippen LogP contribution in [0.15, 0.2) is 46.9 Å². The molecule has 0 heterocycles. The van der Waals surface area contributed by atoms with Gasteiger partial charge in [-0.05, 0) is 64.0 Å². The number of halogens is 4.